The molecule has 0 radical (unpaired) electrons. The van der Waals surface area contributed by atoms with Crippen molar-refractivity contribution in [3.63, 3.8) is 0 Å². The topological polar surface area (TPSA) is 97.8 Å². The van der Waals surface area contributed by atoms with E-state index < -0.39 is 6.04 Å². The molecule has 2 amide bonds. The summed E-state index contributed by atoms with van der Waals surface area (Å²) in [5.41, 5.74) is 1.36. The molecule has 0 saturated carbocycles. The van der Waals surface area contributed by atoms with E-state index in [9.17, 15) is 9.59 Å². The van der Waals surface area contributed by atoms with E-state index in [1.165, 1.54) is 0 Å². The number of benzene rings is 1. The lowest BCUT2D eigenvalue weighted by atomic mass is 10.0. The zero-order chi connectivity index (χ0) is 16.8. The van der Waals surface area contributed by atoms with Crippen LogP contribution in [0, 0.1) is 17.2 Å². The molecule has 0 bridgehead atoms. The first-order chi connectivity index (χ1) is 11.0. The molecule has 120 valence electrons. The number of nitrogens with zero attached hydrogens (tertiary/aromatic N) is 1. The molecular weight excluding hydrogens is 292 g/mol. The Hall–Kier alpha value is -2.81. The molecule has 1 unspecified atom stereocenters. The van der Waals surface area contributed by atoms with Gasteiger partial charge in [0.15, 0.2) is 0 Å². The summed E-state index contributed by atoms with van der Waals surface area (Å²) in [5, 5.41) is 14.8. The second-order valence-electron chi connectivity index (χ2n) is 5.81. The fourth-order valence-electron chi connectivity index (χ4n) is 2.38. The molecule has 1 atom stereocenters. The predicted molar refractivity (Wildman–Crippen MR) is 87.6 cm³/mol. The molecule has 23 heavy (non-hydrogen) atoms. The lowest BCUT2D eigenvalue weighted by molar-refractivity contribution is -0.123. The number of amides is 2. The van der Waals surface area contributed by atoms with Crippen LogP contribution in [-0.4, -0.2) is 29.4 Å². The fraction of sp³-hybridized carbons (Fsp3) is 0.353. The summed E-state index contributed by atoms with van der Waals surface area (Å²) in [6, 6.07) is 8.46. The maximum atomic E-state index is 12.4. The van der Waals surface area contributed by atoms with Gasteiger partial charge in [-0.15, -0.1) is 0 Å². The van der Waals surface area contributed by atoms with Crippen molar-refractivity contribution in [3.05, 3.63) is 36.0 Å². The lowest BCUT2D eigenvalue weighted by Gasteiger charge is -2.19. The van der Waals surface area contributed by atoms with Crippen LogP contribution in [0.5, 0.6) is 0 Å². The summed E-state index contributed by atoms with van der Waals surface area (Å²) >= 11 is 0. The van der Waals surface area contributed by atoms with Crippen LogP contribution in [0.1, 0.15) is 30.6 Å². The van der Waals surface area contributed by atoms with Crippen molar-refractivity contribution < 1.29 is 9.59 Å². The van der Waals surface area contributed by atoms with Gasteiger partial charge in [0.25, 0.3) is 5.91 Å². The molecule has 1 aromatic carbocycles. The van der Waals surface area contributed by atoms with Gasteiger partial charge >= 0.3 is 0 Å². The van der Waals surface area contributed by atoms with Gasteiger partial charge in [-0.25, -0.2) is 0 Å². The minimum Gasteiger partial charge on any atom is -0.361 e. The highest BCUT2D eigenvalue weighted by atomic mass is 16.2. The first-order valence-electron chi connectivity index (χ1n) is 7.54. The minimum absolute atomic E-state index is 0.0717. The Kier molecular flexibility index (Phi) is 5.36. The van der Waals surface area contributed by atoms with Crippen molar-refractivity contribution in [1.82, 2.24) is 15.6 Å². The summed E-state index contributed by atoms with van der Waals surface area (Å²) in [6.07, 6.45) is 2.32. The number of aromatic amines is 1. The number of nitriles is 1. The third-order valence-corrected chi connectivity index (χ3v) is 3.49. The molecule has 1 heterocycles. The molecule has 0 spiro atoms. The third kappa shape index (κ3) is 4.33. The molecule has 6 nitrogen and oxygen atoms in total. The van der Waals surface area contributed by atoms with Crippen LogP contribution in [0.3, 0.4) is 0 Å². The summed E-state index contributed by atoms with van der Waals surface area (Å²) in [5.74, 6) is -0.409. The molecule has 6 heteroatoms. The Bertz CT molecular complexity index is 742. The van der Waals surface area contributed by atoms with Gasteiger partial charge in [-0.2, -0.15) is 5.26 Å². The highest BCUT2D eigenvalue weighted by Crippen LogP contribution is 2.14. The minimum atomic E-state index is -0.657. The second kappa shape index (κ2) is 7.45. The van der Waals surface area contributed by atoms with Gasteiger partial charge in [0.1, 0.15) is 12.6 Å². The smallest absolute Gasteiger partial charge is 0.252 e. The first kappa shape index (κ1) is 16.6. The number of rotatable bonds is 6. The third-order valence-electron chi connectivity index (χ3n) is 3.49. The van der Waals surface area contributed by atoms with Gasteiger partial charge < -0.3 is 15.6 Å². The summed E-state index contributed by atoms with van der Waals surface area (Å²) in [7, 11) is 0. The molecule has 0 aliphatic carbocycles. The van der Waals surface area contributed by atoms with E-state index in [1.54, 1.807) is 12.1 Å². The van der Waals surface area contributed by atoms with E-state index in [0.29, 0.717) is 12.0 Å². The Balaban J connectivity index is 2.12. The SMILES string of the molecule is CC(C)CC(NC(=O)c1ccc2cc[nH]c2c1)C(=O)NCC#N. The summed E-state index contributed by atoms with van der Waals surface area (Å²) < 4.78 is 0. The molecule has 0 aliphatic heterocycles. The van der Waals surface area contributed by atoms with Gasteiger partial charge in [-0.3, -0.25) is 9.59 Å². The largest absolute Gasteiger partial charge is 0.361 e. The summed E-state index contributed by atoms with van der Waals surface area (Å²) in [4.78, 5) is 27.6. The second-order valence-corrected chi connectivity index (χ2v) is 5.81. The monoisotopic (exact) mass is 312 g/mol. The van der Waals surface area contributed by atoms with Crippen molar-refractivity contribution >= 4 is 22.7 Å². The number of fused-ring (bicyclic) bond motifs is 1. The average molecular weight is 312 g/mol. The molecule has 0 aliphatic rings. The van der Waals surface area contributed by atoms with Crippen LogP contribution < -0.4 is 10.6 Å². The molecule has 0 saturated heterocycles. The average Bonchev–Trinajstić information content (AvgIpc) is 2.98. The van der Waals surface area contributed by atoms with E-state index in [1.807, 2.05) is 38.2 Å². The Morgan fingerprint density at radius 2 is 2.09 bits per heavy atom. The molecule has 0 fully saturated rings. The zero-order valence-electron chi connectivity index (χ0n) is 13.2. The zero-order valence-corrected chi connectivity index (χ0v) is 13.2. The maximum Gasteiger partial charge on any atom is 0.252 e. The van der Waals surface area contributed by atoms with E-state index in [0.717, 1.165) is 10.9 Å². The Labute approximate surface area is 134 Å². The van der Waals surface area contributed by atoms with E-state index in [-0.39, 0.29) is 24.3 Å². The molecule has 2 rings (SSSR count). The van der Waals surface area contributed by atoms with E-state index in [4.69, 9.17) is 5.26 Å². The number of aromatic nitrogens is 1. The van der Waals surface area contributed by atoms with Crippen molar-refractivity contribution in [2.75, 3.05) is 6.54 Å². The van der Waals surface area contributed by atoms with Crippen LogP contribution in [0.4, 0.5) is 0 Å². The van der Waals surface area contributed by atoms with Crippen molar-refractivity contribution in [1.29, 1.82) is 5.26 Å². The number of carbonyl (C=O) groups is 2. The lowest BCUT2D eigenvalue weighted by Crippen LogP contribution is -2.47. The quantitative estimate of drug-likeness (QED) is 0.711. The maximum absolute atomic E-state index is 12.4. The predicted octanol–water partition coefficient (Wildman–Crippen LogP) is 1.95. The Morgan fingerprint density at radius 3 is 2.78 bits per heavy atom. The molecule has 2 aromatic rings. The van der Waals surface area contributed by atoms with Gasteiger partial charge in [0, 0.05) is 17.3 Å². The summed E-state index contributed by atoms with van der Waals surface area (Å²) in [6.45, 7) is 3.88. The van der Waals surface area contributed by atoms with Crippen LogP contribution in [0.25, 0.3) is 10.9 Å². The molecular formula is C17H20N4O2. The number of hydrogen-bond acceptors (Lipinski definition) is 3. The van der Waals surface area contributed by atoms with Gasteiger partial charge in [0.05, 0.1) is 6.07 Å². The van der Waals surface area contributed by atoms with Gasteiger partial charge in [-0.1, -0.05) is 19.9 Å². The van der Waals surface area contributed by atoms with Crippen molar-refractivity contribution in [3.8, 4) is 6.07 Å². The van der Waals surface area contributed by atoms with Crippen LogP contribution in [0.15, 0.2) is 30.5 Å². The Morgan fingerprint density at radius 1 is 1.30 bits per heavy atom. The van der Waals surface area contributed by atoms with Crippen LogP contribution in [0.2, 0.25) is 0 Å². The first-order valence-corrected chi connectivity index (χ1v) is 7.54. The number of H-pyrrole nitrogens is 1. The highest BCUT2D eigenvalue weighted by molar-refractivity contribution is 6.00. The van der Waals surface area contributed by atoms with Crippen molar-refractivity contribution in [2.45, 2.75) is 26.3 Å². The van der Waals surface area contributed by atoms with Crippen LogP contribution >= 0.6 is 0 Å². The standard InChI is InChI=1S/C17H20N4O2/c1-11(2)9-15(17(23)20-8-6-18)21-16(22)13-4-3-12-5-7-19-14(12)10-13/h3-5,7,10-11,15,19H,8-9H2,1-2H3,(H,20,23)(H,21,22). The van der Waals surface area contributed by atoms with Gasteiger partial charge in [0.2, 0.25) is 5.91 Å². The van der Waals surface area contributed by atoms with Crippen LogP contribution in [-0.2, 0) is 4.79 Å². The highest BCUT2D eigenvalue weighted by Gasteiger charge is 2.22. The molecule has 3 N–H and O–H groups in total. The van der Waals surface area contributed by atoms with E-state index in [2.05, 4.69) is 15.6 Å². The number of hydrogen-bond donors (Lipinski definition) is 3. The normalized spacial score (nSPS) is 11.9. The molecule has 1 aromatic heterocycles. The van der Waals surface area contributed by atoms with Crippen molar-refractivity contribution in [2.24, 2.45) is 5.92 Å². The van der Waals surface area contributed by atoms with E-state index >= 15 is 0 Å². The number of nitrogens with one attached hydrogen (secondary N) is 3. The fourth-order valence-corrected chi connectivity index (χ4v) is 2.38. The number of carbonyl (C=O) groups excluding carboxylic acids is 2. The van der Waals surface area contributed by atoms with Gasteiger partial charge in [-0.05, 0) is 35.9 Å².